The molecule has 0 aliphatic heterocycles. The lowest BCUT2D eigenvalue weighted by Crippen LogP contribution is -2.25. The zero-order chi connectivity index (χ0) is 15.9. The van der Waals surface area contributed by atoms with E-state index in [-0.39, 0.29) is 12.4 Å². The summed E-state index contributed by atoms with van der Waals surface area (Å²) in [4.78, 5) is 2.23. The first-order chi connectivity index (χ1) is 11.3. The van der Waals surface area contributed by atoms with Crippen molar-refractivity contribution in [2.45, 2.75) is 19.0 Å². The minimum atomic E-state index is 0. The van der Waals surface area contributed by atoms with Crippen molar-refractivity contribution in [3.8, 4) is 0 Å². The number of nitrogens with zero attached hydrogens (tertiary/aromatic N) is 5. The van der Waals surface area contributed by atoms with Crippen LogP contribution in [0.25, 0.3) is 0 Å². The van der Waals surface area contributed by atoms with E-state index < -0.39 is 0 Å². The zero-order valence-corrected chi connectivity index (χ0v) is 14.5. The van der Waals surface area contributed by atoms with Crippen LogP contribution < -0.4 is 0 Å². The number of tetrazole rings is 1. The lowest BCUT2D eigenvalue weighted by molar-refractivity contribution is 0.245. The quantitative estimate of drug-likeness (QED) is 0.661. The second-order valence-corrected chi connectivity index (χ2v) is 5.73. The van der Waals surface area contributed by atoms with Crippen LogP contribution in [0, 0.1) is 0 Å². The van der Waals surface area contributed by atoms with Gasteiger partial charge in [-0.2, -0.15) is 0 Å². The molecule has 0 fully saturated rings. The number of hydrogen-bond acceptors (Lipinski definition) is 4. The summed E-state index contributed by atoms with van der Waals surface area (Å²) in [7, 11) is 2.09. The molecule has 3 aromatic rings. The van der Waals surface area contributed by atoms with Gasteiger partial charge in [0.2, 0.25) is 0 Å². The highest BCUT2D eigenvalue weighted by molar-refractivity contribution is 5.85. The lowest BCUT2D eigenvalue weighted by atomic mass is 9.88. The van der Waals surface area contributed by atoms with Gasteiger partial charge in [0.05, 0.1) is 6.67 Å². The summed E-state index contributed by atoms with van der Waals surface area (Å²) in [6, 6.07) is 21.4. The van der Waals surface area contributed by atoms with Crippen LogP contribution in [0.2, 0.25) is 0 Å². The Labute approximate surface area is 148 Å². The van der Waals surface area contributed by atoms with Crippen molar-refractivity contribution in [1.82, 2.24) is 25.1 Å². The number of benzene rings is 2. The molecule has 0 unspecified atom stereocenters. The lowest BCUT2D eigenvalue weighted by Gasteiger charge is -2.22. The number of rotatable bonds is 7. The van der Waals surface area contributed by atoms with Gasteiger partial charge in [0.15, 0.2) is 0 Å². The highest BCUT2D eigenvalue weighted by Crippen LogP contribution is 2.27. The number of halogens is 1. The molecular weight excluding hydrogens is 322 g/mol. The maximum absolute atomic E-state index is 3.91. The van der Waals surface area contributed by atoms with Crippen LogP contribution in [0.3, 0.4) is 0 Å². The van der Waals surface area contributed by atoms with Crippen LogP contribution in [-0.4, -0.2) is 38.7 Å². The highest BCUT2D eigenvalue weighted by atomic mass is 35.5. The van der Waals surface area contributed by atoms with Crippen LogP contribution in [0.5, 0.6) is 0 Å². The summed E-state index contributed by atoms with van der Waals surface area (Å²) in [5, 5.41) is 11.3. The van der Waals surface area contributed by atoms with Crippen molar-refractivity contribution >= 4 is 12.4 Å². The van der Waals surface area contributed by atoms with E-state index in [1.165, 1.54) is 11.1 Å². The molecule has 0 radical (unpaired) electrons. The van der Waals surface area contributed by atoms with Crippen LogP contribution in [0.4, 0.5) is 0 Å². The molecule has 3 rings (SSSR count). The summed E-state index contributed by atoms with van der Waals surface area (Å²) in [5.41, 5.74) is 2.71. The van der Waals surface area contributed by atoms with Crippen molar-refractivity contribution < 1.29 is 0 Å². The smallest absolute Gasteiger partial charge is 0.139 e. The third kappa shape index (κ3) is 4.88. The molecule has 0 aliphatic rings. The van der Waals surface area contributed by atoms with E-state index in [9.17, 15) is 0 Å². The molecule has 0 aliphatic carbocycles. The first kappa shape index (κ1) is 18.1. The maximum Gasteiger partial charge on any atom is 0.139 e. The molecule has 1 aromatic heterocycles. The van der Waals surface area contributed by atoms with Crippen molar-refractivity contribution in [2.75, 3.05) is 13.6 Å². The Hall–Kier alpha value is -2.24. The minimum Gasteiger partial charge on any atom is -0.287 e. The minimum absolute atomic E-state index is 0. The molecule has 24 heavy (non-hydrogen) atoms. The predicted molar refractivity (Wildman–Crippen MR) is 97.0 cm³/mol. The summed E-state index contributed by atoms with van der Waals surface area (Å²) in [5.74, 6) is 0.397. The van der Waals surface area contributed by atoms with Crippen molar-refractivity contribution in [2.24, 2.45) is 0 Å². The van der Waals surface area contributed by atoms with E-state index in [4.69, 9.17) is 0 Å². The Balaban J connectivity index is 0.00000208. The molecule has 0 saturated heterocycles. The molecule has 0 N–H and O–H groups in total. The zero-order valence-electron chi connectivity index (χ0n) is 13.7. The number of aromatic nitrogens is 4. The monoisotopic (exact) mass is 343 g/mol. The van der Waals surface area contributed by atoms with Crippen molar-refractivity contribution in [1.29, 1.82) is 0 Å². The van der Waals surface area contributed by atoms with Gasteiger partial charge in [0.1, 0.15) is 6.33 Å². The fraction of sp³-hybridized carbons (Fsp3) is 0.278. The molecule has 0 spiro atoms. The summed E-state index contributed by atoms with van der Waals surface area (Å²) in [6.45, 7) is 1.66. The molecule has 5 nitrogen and oxygen atoms in total. The van der Waals surface area contributed by atoms with Crippen LogP contribution >= 0.6 is 12.4 Å². The van der Waals surface area contributed by atoms with Crippen LogP contribution in [-0.2, 0) is 6.67 Å². The molecule has 1 heterocycles. The van der Waals surface area contributed by atoms with Crippen molar-refractivity contribution in [3.63, 3.8) is 0 Å². The molecule has 2 aromatic carbocycles. The molecule has 0 bridgehead atoms. The van der Waals surface area contributed by atoms with Crippen LogP contribution in [0.15, 0.2) is 67.0 Å². The van der Waals surface area contributed by atoms with Gasteiger partial charge < -0.3 is 0 Å². The van der Waals surface area contributed by atoms with Gasteiger partial charge in [0, 0.05) is 12.5 Å². The third-order valence-corrected chi connectivity index (χ3v) is 3.98. The fourth-order valence-corrected chi connectivity index (χ4v) is 2.81. The molecule has 126 valence electrons. The van der Waals surface area contributed by atoms with E-state index >= 15 is 0 Å². The maximum atomic E-state index is 3.91. The van der Waals surface area contributed by atoms with Gasteiger partial charge in [0.25, 0.3) is 0 Å². The van der Waals surface area contributed by atoms with E-state index in [0.29, 0.717) is 12.6 Å². The molecule has 0 saturated carbocycles. The highest BCUT2D eigenvalue weighted by Gasteiger charge is 2.14. The second kappa shape index (κ2) is 9.15. The summed E-state index contributed by atoms with van der Waals surface area (Å²) in [6.07, 6.45) is 2.69. The summed E-state index contributed by atoms with van der Waals surface area (Å²) >= 11 is 0. The predicted octanol–water partition coefficient (Wildman–Crippen LogP) is 3.21. The second-order valence-electron chi connectivity index (χ2n) is 5.73. The number of hydrogen-bond donors (Lipinski definition) is 0. The Morgan fingerprint density at radius 3 is 2.04 bits per heavy atom. The van der Waals surface area contributed by atoms with Gasteiger partial charge in [-0.25, -0.2) is 4.68 Å². The topological polar surface area (TPSA) is 46.8 Å². The van der Waals surface area contributed by atoms with E-state index in [2.05, 4.69) is 88.1 Å². The molecular formula is C18H22ClN5. The Morgan fingerprint density at radius 1 is 0.958 bits per heavy atom. The molecule has 0 atom stereocenters. The Bertz CT molecular complexity index is 648. The Kier molecular flexibility index (Phi) is 6.90. The summed E-state index contributed by atoms with van der Waals surface area (Å²) < 4.78 is 1.74. The standard InChI is InChI=1S/C18H21N5.ClH/c1-22(15-23-14-19-20-21-23)13-12-18(16-8-4-2-5-9-16)17-10-6-3-7-11-17;/h2-11,14,18H,12-13,15H2,1H3;1H. The molecule has 0 amide bonds. The third-order valence-electron chi connectivity index (χ3n) is 3.98. The molecule has 6 heteroatoms. The first-order valence-electron chi connectivity index (χ1n) is 7.82. The van der Waals surface area contributed by atoms with Crippen LogP contribution in [0.1, 0.15) is 23.5 Å². The van der Waals surface area contributed by atoms with E-state index in [1.54, 1.807) is 11.0 Å². The van der Waals surface area contributed by atoms with Gasteiger partial charge in [-0.3, -0.25) is 4.90 Å². The van der Waals surface area contributed by atoms with Crippen molar-refractivity contribution in [3.05, 3.63) is 78.1 Å². The average Bonchev–Trinajstić information content (AvgIpc) is 3.10. The normalized spacial score (nSPS) is 10.8. The van der Waals surface area contributed by atoms with Gasteiger partial charge in [-0.1, -0.05) is 60.7 Å². The van der Waals surface area contributed by atoms with E-state index in [0.717, 1.165) is 13.0 Å². The van der Waals surface area contributed by atoms with E-state index in [1.807, 2.05) is 0 Å². The van der Waals surface area contributed by atoms with Gasteiger partial charge in [-0.15, -0.1) is 17.5 Å². The fourth-order valence-electron chi connectivity index (χ4n) is 2.81. The largest absolute Gasteiger partial charge is 0.287 e. The van der Waals surface area contributed by atoms with Gasteiger partial charge in [-0.05, 0) is 35.0 Å². The first-order valence-corrected chi connectivity index (χ1v) is 7.82. The SMILES string of the molecule is CN(CCC(c1ccccc1)c1ccccc1)Cn1cnnn1.Cl. The average molecular weight is 344 g/mol. The van der Waals surface area contributed by atoms with Gasteiger partial charge >= 0.3 is 0 Å². The Morgan fingerprint density at radius 2 is 1.54 bits per heavy atom.